The van der Waals surface area contributed by atoms with Crippen LogP contribution in [0, 0.1) is 0 Å². The Labute approximate surface area is 75.9 Å². The molecule has 6 heteroatoms. The highest BCUT2D eigenvalue weighted by Crippen LogP contribution is 1.94. The Balaban J connectivity index is 3.79. The van der Waals surface area contributed by atoms with Crippen molar-refractivity contribution in [3.63, 3.8) is 0 Å². The van der Waals surface area contributed by atoms with E-state index >= 15 is 0 Å². The molecule has 0 radical (unpaired) electrons. The fraction of sp³-hybridized carbons (Fsp3) is 0.714. The molecule has 0 aliphatic heterocycles. The first-order chi connectivity index (χ1) is 6.06. The van der Waals surface area contributed by atoms with Crippen molar-refractivity contribution in [3.8, 4) is 0 Å². The van der Waals surface area contributed by atoms with Crippen LogP contribution in [0.5, 0.6) is 0 Å². The summed E-state index contributed by atoms with van der Waals surface area (Å²) in [7, 11) is 0. The maximum absolute atomic E-state index is 10.2. The predicted octanol–water partition coefficient (Wildman–Crippen LogP) is 0.690. The molecule has 2 amide bonds. The second-order valence-corrected chi connectivity index (χ2v) is 2.62. The van der Waals surface area contributed by atoms with Crippen molar-refractivity contribution in [2.75, 3.05) is 6.54 Å². The van der Waals surface area contributed by atoms with E-state index in [1.165, 1.54) is 0 Å². The average molecular weight is 190 g/mol. The molecule has 4 N–H and O–H groups in total. The van der Waals surface area contributed by atoms with E-state index in [4.69, 9.17) is 10.2 Å². The smallest absolute Gasteiger partial charge is 0.404 e. The van der Waals surface area contributed by atoms with Crippen LogP contribution in [0.3, 0.4) is 0 Å². The Morgan fingerprint density at radius 3 is 2.31 bits per heavy atom. The van der Waals surface area contributed by atoms with E-state index in [1.54, 1.807) is 0 Å². The molecule has 0 saturated carbocycles. The Bertz CT molecular complexity index is 183. The maximum Gasteiger partial charge on any atom is 0.404 e. The average Bonchev–Trinajstić information content (AvgIpc) is 1.99. The fourth-order valence-corrected chi connectivity index (χ4v) is 0.959. The number of hydrogen-bond acceptors (Lipinski definition) is 2. The summed E-state index contributed by atoms with van der Waals surface area (Å²) in [6, 6.07) is -0.349. The largest absolute Gasteiger partial charge is 0.465 e. The van der Waals surface area contributed by atoms with E-state index in [9.17, 15) is 9.59 Å². The number of rotatable bonds is 5. The third-order valence-electron chi connectivity index (χ3n) is 1.46. The molecule has 0 saturated heterocycles. The van der Waals surface area contributed by atoms with Gasteiger partial charge < -0.3 is 20.8 Å². The van der Waals surface area contributed by atoms with Crippen LogP contribution in [0.4, 0.5) is 9.59 Å². The van der Waals surface area contributed by atoms with Gasteiger partial charge in [0.1, 0.15) is 0 Å². The van der Waals surface area contributed by atoms with E-state index in [-0.39, 0.29) is 12.6 Å². The summed E-state index contributed by atoms with van der Waals surface area (Å²) in [6.07, 6.45) is -0.863. The standard InChI is InChI=1S/C7H14N2O4/c1-2-3-5(9-7(12)13)4-8-6(10)11/h5,8-9H,2-4H2,1H3,(H,10,11)(H,12,13). The molecule has 0 aliphatic rings. The monoisotopic (exact) mass is 190 g/mol. The number of amides is 2. The third-order valence-corrected chi connectivity index (χ3v) is 1.46. The lowest BCUT2D eigenvalue weighted by atomic mass is 10.2. The van der Waals surface area contributed by atoms with Gasteiger partial charge in [-0.25, -0.2) is 9.59 Å². The highest BCUT2D eigenvalue weighted by atomic mass is 16.4. The minimum Gasteiger partial charge on any atom is -0.465 e. The van der Waals surface area contributed by atoms with Crippen LogP contribution >= 0.6 is 0 Å². The molecule has 1 unspecified atom stereocenters. The van der Waals surface area contributed by atoms with Crippen molar-refractivity contribution in [3.05, 3.63) is 0 Å². The van der Waals surface area contributed by atoms with Crippen LogP contribution in [0.1, 0.15) is 19.8 Å². The Morgan fingerprint density at radius 2 is 1.92 bits per heavy atom. The van der Waals surface area contributed by atoms with Gasteiger partial charge in [0.2, 0.25) is 0 Å². The second-order valence-electron chi connectivity index (χ2n) is 2.62. The zero-order valence-electron chi connectivity index (χ0n) is 7.41. The van der Waals surface area contributed by atoms with Gasteiger partial charge in [-0.3, -0.25) is 0 Å². The molecule has 0 fully saturated rings. The molecule has 1 atom stereocenters. The third kappa shape index (κ3) is 6.92. The fourth-order valence-electron chi connectivity index (χ4n) is 0.959. The number of hydrogen-bond donors (Lipinski definition) is 4. The SMILES string of the molecule is CCCC(CNC(=O)O)NC(=O)O. The van der Waals surface area contributed by atoms with Crippen molar-refractivity contribution in [1.29, 1.82) is 0 Å². The van der Waals surface area contributed by atoms with Crippen LogP contribution < -0.4 is 10.6 Å². The minimum atomic E-state index is -1.15. The maximum atomic E-state index is 10.2. The van der Waals surface area contributed by atoms with Crippen LogP contribution in [0.2, 0.25) is 0 Å². The molecule has 0 heterocycles. The van der Waals surface area contributed by atoms with Crippen molar-refractivity contribution in [2.24, 2.45) is 0 Å². The summed E-state index contributed by atoms with van der Waals surface area (Å²) in [5.74, 6) is 0. The topological polar surface area (TPSA) is 98.7 Å². The van der Waals surface area contributed by atoms with Gasteiger partial charge in [0.05, 0.1) is 0 Å². The molecule has 13 heavy (non-hydrogen) atoms. The predicted molar refractivity (Wildman–Crippen MR) is 45.9 cm³/mol. The van der Waals surface area contributed by atoms with Crippen LogP contribution in [0.15, 0.2) is 0 Å². The van der Waals surface area contributed by atoms with Gasteiger partial charge in [0.25, 0.3) is 0 Å². The van der Waals surface area contributed by atoms with Crippen LogP contribution in [0.25, 0.3) is 0 Å². The highest BCUT2D eigenvalue weighted by Gasteiger charge is 2.10. The molecule has 0 rings (SSSR count). The van der Waals surface area contributed by atoms with E-state index in [0.717, 1.165) is 6.42 Å². The van der Waals surface area contributed by atoms with E-state index < -0.39 is 12.2 Å². The summed E-state index contributed by atoms with van der Waals surface area (Å²) < 4.78 is 0. The Morgan fingerprint density at radius 1 is 1.31 bits per heavy atom. The summed E-state index contributed by atoms with van der Waals surface area (Å²) in [5, 5.41) is 21.0. The minimum absolute atomic E-state index is 0.107. The summed E-state index contributed by atoms with van der Waals surface area (Å²) >= 11 is 0. The molecule has 0 aromatic carbocycles. The van der Waals surface area contributed by atoms with Crippen molar-refractivity contribution in [1.82, 2.24) is 10.6 Å². The number of carboxylic acid groups (broad SMARTS) is 2. The van der Waals surface area contributed by atoms with Gasteiger partial charge in [0.15, 0.2) is 0 Å². The first kappa shape index (κ1) is 11.5. The van der Waals surface area contributed by atoms with E-state index in [0.29, 0.717) is 6.42 Å². The van der Waals surface area contributed by atoms with Gasteiger partial charge in [-0.05, 0) is 6.42 Å². The zero-order valence-corrected chi connectivity index (χ0v) is 7.41. The van der Waals surface area contributed by atoms with Gasteiger partial charge in [-0.15, -0.1) is 0 Å². The molecule has 6 nitrogen and oxygen atoms in total. The second kappa shape index (κ2) is 6.10. The van der Waals surface area contributed by atoms with Crippen molar-refractivity contribution < 1.29 is 19.8 Å². The molecular formula is C7H14N2O4. The normalized spacial score (nSPS) is 11.8. The molecule has 0 aromatic rings. The molecule has 0 bridgehead atoms. The lowest BCUT2D eigenvalue weighted by Crippen LogP contribution is -2.42. The Hall–Kier alpha value is -1.46. The first-order valence-electron chi connectivity index (χ1n) is 4.02. The van der Waals surface area contributed by atoms with Crippen molar-refractivity contribution in [2.45, 2.75) is 25.8 Å². The lowest BCUT2D eigenvalue weighted by Gasteiger charge is -2.15. The summed E-state index contributed by atoms with van der Waals surface area (Å²) in [4.78, 5) is 20.4. The van der Waals surface area contributed by atoms with Crippen LogP contribution in [-0.4, -0.2) is 35.0 Å². The Kier molecular flexibility index (Phi) is 5.42. The zero-order chi connectivity index (χ0) is 10.3. The molecule has 76 valence electrons. The molecular weight excluding hydrogens is 176 g/mol. The van der Waals surface area contributed by atoms with Crippen LogP contribution in [-0.2, 0) is 0 Å². The highest BCUT2D eigenvalue weighted by molar-refractivity contribution is 5.66. The quantitative estimate of drug-likeness (QED) is 0.512. The molecule has 0 spiro atoms. The molecule has 0 aromatic heterocycles. The van der Waals surface area contributed by atoms with E-state index in [1.807, 2.05) is 6.92 Å². The lowest BCUT2D eigenvalue weighted by molar-refractivity contribution is 0.182. The van der Waals surface area contributed by atoms with Crippen molar-refractivity contribution >= 4 is 12.2 Å². The summed E-state index contributed by atoms with van der Waals surface area (Å²) in [5.41, 5.74) is 0. The first-order valence-corrected chi connectivity index (χ1v) is 4.02. The molecule has 0 aliphatic carbocycles. The van der Waals surface area contributed by atoms with Gasteiger partial charge >= 0.3 is 12.2 Å². The van der Waals surface area contributed by atoms with Gasteiger partial charge in [-0.2, -0.15) is 0 Å². The van der Waals surface area contributed by atoms with E-state index in [2.05, 4.69) is 10.6 Å². The van der Waals surface area contributed by atoms with Gasteiger partial charge in [-0.1, -0.05) is 13.3 Å². The number of carbonyl (C=O) groups is 2. The summed E-state index contributed by atoms with van der Waals surface area (Å²) in [6.45, 7) is 2.01. The van der Waals surface area contributed by atoms with Gasteiger partial charge in [0, 0.05) is 12.6 Å². The number of nitrogens with one attached hydrogen (secondary N) is 2.